The molecule has 0 saturated heterocycles. The van der Waals surface area contributed by atoms with E-state index in [0.29, 0.717) is 5.96 Å². The van der Waals surface area contributed by atoms with E-state index >= 15 is 0 Å². The Kier molecular flexibility index (Phi) is 19.8. The van der Waals surface area contributed by atoms with Crippen LogP contribution < -0.4 is 11.1 Å². The van der Waals surface area contributed by atoms with Gasteiger partial charge < -0.3 is 20.7 Å². The number of nitrogens with two attached hydrogens (primary N) is 1. The largest absolute Gasteiger partial charge is 0.383 e. The maximum atomic E-state index is 5.82. The summed E-state index contributed by atoms with van der Waals surface area (Å²) in [5, 5.41) is 3.15. The summed E-state index contributed by atoms with van der Waals surface area (Å²) in [7, 11) is 3.79. The van der Waals surface area contributed by atoms with Crippen LogP contribution >= 0.6 is 24.0 Å². The van der Waals surface area contributed by atoms with Gasteiger partial charge in [0.05, 0.1) is 6.61 Å². The van der Waals surface area contributed by atoms with Crippen molar-refractivity contribution in [3.8, 4) is 0 Å². The molecular weight excluding hydrogens is 379 g/mol. The lowest BCUT2D eigenvalue weighted by Crippen LogP contribution is -2.38. The molecule has 5 nitrogen and oxygen atoms in total. The summed E-state index contributed by atoms with van der Waals surface area (Å²) in [6.45, 7) is 6.54. The molecule has 0 aliphatic rings. The first-order valence-electron chi connectivity index (χ1n) is 7.92. The Hall–Kier alpha value is -0.0800. The van der Waals surface area contributed by atoms with Crippen molar-refractivity contribution in [1.82, 2.24) is 10.2 Å². The molecule has 0 heterocycles. The molecule has 0 amide bonds. The zero-order valence-electron chi connectivity index (χ0n) is 14.1. The number of nitrogens with zero attached hydrogens (tertiary/aromatic N) is 2. The molecule has 0 aliphatic carbocycles. The zero-order valence-corrected chi connectivity index (χ0v) is 16.4. The van der Waals surface area contributed by atoms with Crippen molar-refractivity contribution >= 4 is 29.9 Å². The second-order valence-corrected chi connectivity index (χ2v) is 5.26. The maximum Gasteiger partial charge on any atom is 0.188 e. The van der Waals surface area contributed by atoms with Crippen molar-refractivity contribution in [3.05, 3.63) is 0 Å². The van der Waals surface area contributed by atoms with E-state index in [2.05, 4.69) is 29.2 Å². The Labute approximate surface area is 148 Å². The van der Waals surface area contributed by atoms with Crippen molar-refractivity contribution in [2.45, 2.75) is 45.4 Å². The number of aliphatic imine (C=N–C) groups is 1. The van der Waals surface area contributed by atoms with Crippen LogP contribution in [0.5, 0.6) is 0 Å². The van der Waals surface area contributed by atoms with E-state index in [1.54, 1.807) is 7.11 Å². The quantitative estimate of drug-likeness (QED) is 0.210. The maximum absolute atomic E-state index is 5.82. The molecule has 0 radical (unpaired) electrons. The lowest BCUT2D eigenvalue weighted by Gasteiger charge is -2.16. The summed E-state index contributed by atoms with van der Waals surface area (Å²) in [5.74, 6) is 0.568. The van der Waals surface area contributed by atoms with Gasteiger partial charge >= 0.3 is 0 Å². The highest BCUT2D eigenvalue weighted by atomic mass is 127. The number of ether oxygens (including phenoxy) is 1. The monoisotopic (exact) mass is 414 g/mol. The highest BCUT2D eigenvalue weighted by Gasteiger charge is 1.97. The number of likely N-dealkylation sites (N-methyl/N-ethyl adjacent to an activating group) is 1. The third kappa shape index (κ3) is 17.9. The fourth-order valence-electron chi connectivity index (χ4n) is 1.88. The first kappa shape index (κ1) is 23.2. The van der Waals surface area contributed by atoms with Crippen molar-refractivity contribution in [1.29, 1.82) is 0 Å². The SMILES string of the molecule is CCCCCCCCN=C(N)NCCN(C)CCOC.I. The van der Waals surface area contributed by atoms with Gasteiger partial charge in [0.25, 0.3) is 0 Å². The Morgan fingerprint density at radius 2 is 1.81 bits per heavy atom. The molecule has 0 rings (SSSR count). The second-order valence-electron chi connectivity index (χ2n) is 5.26. The van der Waals surface area contributed by atoms with Crippen LogP contribution in [0, 0.1) is 0 Å². The minimum absolute atomic E-state index is 0. The smallest absolute Gasteiger partial charge is 0.188 e. The van der Waals surface area contributed by atoms with Crippen LogP contribution in [0.15, 0.2) is 4.99 Å². The second kappa shape index (κ2) is 18.0. The van der Waals surface area contributed by atoms with Crippen molar-refractivity contribution in [2.75, 3.05) is 46.9 Å². The summed E-state index contributed by atoms with van der Waals surface area (Å²) >= 11 is 0. The molecule has 0 aliphatic heterocycles. The van der Waals surface area contributed by atoms with Gasteiger partial charge in [-0.05, 0) is 13.5 Å². The van der Waals surface area contributed by atoms with Crippen LogP contribution in [0.25, 0.3) is 0 Å². The molecule has 0 aromatic rings. The molecule has 6 heteroatoms. The molecule has 0 spiro atoms. The van der Waals surface area contributed by atoms with Crippen LogP contribution in [-0.4, -0.2) is 57.8 Å². The lowest BCUT2D eigenvalue weighted by atomic mass is 10.1. The van der Waals surface area contributed by atoms with Crippen molar-refractivity contribution in [2.24, 2.45) is 10.7 Å². The third-order valence-electron chi connectivity index (χ3n) is 3.27. The van der Waals surface area contributed by atoms with Gasteiger partial charge in [0, 0.05) is 33.3 Å². The van der Waals surface area contributed by atoms with Crippen molar-refractivity contribution in [3.63, 3.8) is 0 Å². The number of guanidine groups is 1. The predicted molar refractivity (Wildman–Crippen MR) is 103 cm³/mol. The average Bonchev–Trinajstić information content (AvgIpc) is 2.44. The number of hydrogen-bond acceptors (Lipinski definition) is 3. The molecule has 0 saturated carbocycles. The van der Waals surface area contributed by atoms with Gasteiger partial charge in [-0.1, -0.05) is 39.0 Å². The summed E-state index contributed by atoms with van der Waals surface area (Å²) in [4.78, 5) is 6.55. The van der Waals surface area contributed by atoms with Gasteiger partial charge in [-0.3, -0.25) is 4.99 Å². The highest BCUT2D eigenvalue weighted by molar-refractivity contribution is 14.0. The standard InChI is InChI=1S/C15H34N4O.HI/c1-4-5-6-7-8-9-10-17-15(16)18-11-12-19(2)13-14-20-3;/h4-14H2,1-3H3,(H3,16,17,18);1H. The molecule has 0 fully saturated rings. The topological polar surface area (TPSA) is 62.9 Å². The van der Waals surface area contributed by atoms with Crippen LogP contribution in [0.1, 0.15) is 45.4 Å². The number of halogens is 1. The number of unbranched alkanes of at least 4 members (excludes halogenated alkanes) is 5. The van der Waals surface area contributed by atoms with E-state index in [9.17, 15) is 0 Å². The highest BCUT2D eigenvalue weighted by Crippen LogP contribution is 2.04. The van der Waals surface area contributed by atoms with Crippen LogP contribution in [0.2, 0.25) is 0 Å². The van der Waals surface area contributed by atoms with E-state index in [0.717, 1.165) is 39.2 Å². The Morgan fingerprint density at radius 3 is 2.48 bits per heavy atom. The Morgan fingerprint density at radius 1 is 1.14 bits per heavy atom. The summed E-state index contributed by atoms with van der Waals surface area (Å²) in [5.41, 5.74) is 5.82. The minimum Gasteiger partial charge on any atom is -0.383 e. The first-order valence-corrected chi connectivity index (χ1v) is 7.92. The third-order valence-corrected chi connectivity index (χ3v) is 3.27. The molecule has 0 aromatic carbocycles. The van der Waals surface area contributed by atoms with Gasteiger partial charge in [-0.2, -0.15) is 0 Å². The molecule has 0 aromatic heterocycles. The zero-order chi connectivity index (χ0) is 15.1. The van der Waals surface area contributed by atoms with Gasteiger partial charge in [-0.15, -0.1) is 24.0 Å². The normalized spacial score (nSPS) is 11.5. The van der Waals surface area contributed by atoms with Gasteiger partial charge in [-0.25, -0.2) is 0 Å². The van der Waals surface area contributed by atoms with Gasteiger partial charge in [0.2, 0.25) is 0 Å². The lowest BCUT2D eigenvalue weighted by molar-refractivity contribution is 0.162. The summed E-state index contributed by atoms with van der Waals surface area (Å²) in [6, 6.07) is 0. The average molecular weight is 414 g/mol. The van der Waals surface area contributed by atoms with Crippen molar-refractivity contribution < 1.29 is 4.74 Å². The van der Waals surface area contributed by atoms with E-state index in [-0.39, 0.29) is 24.0 Å². The molecule has 21 heavy (non-hydrogen) atoms. The van der Waals surface area contributed by atoms with Gasteiger partial charge in [0.1, 0.15) is 0 Å². The van der Waals surface area contributed by atoms with Gasteiger partial charge in [0.15, 0.2) is 5.96 Å². The fourth-order valence-corrected chi connectivity index (χ4v) is 1.88. The number of hydrogen-bond donors (Lipinski definition) is 2. The molecule has 3 N–H and O–H groups in total. The van der Waals surface area contributed by atoms with E-state index < -0.39 is 0 Å². The number of nitrogens with one attached hydrogen (secondary N) is 1. The minimum atomic E-state index is 0. The molecule has 0 bridgehead atoms. The number of rotatable bonds is 13. The molecule has 0 unspecified atom stereocenters. The Bertz CT molecular complexity index is 240. The molecule has 128 valence electrons. The van der Waals surface area contributed by atoms with E-state index in [4.69, 9.17) is 10.5 Å². The molecule has 0 atom stereocenters. The summed E-state index contributed by atoms with van der Waals surface area (Å²) < 4.78 is 5.03. The molecular formula is C15H35IN4O. The number of methoxy groups -OCH3 is 1. The predicted octanol–water partition coefficient (Wildman–Crippen LogP) is 2.45. The van der Waals surface area contributed by atoms with Crippen LogP contribution in [0.4, 0.5) is 0 Å². The fraction of sp³-hybridized carbons (Fsp3) is 0.933. The van der Waals surface area contributed by atoms with Crippen LogP contribution in [-0.2, 0) is 4.74 Å². The first-order chi connectivity index (χ1) is 9.70. The van der Waals surface area contributed by atoms with E-state index in [1.165, 1.54) is 32.1 Å². The van der Waals surface area contributed by atoms with E-state index in [1.807, 2.05) is 0 Å². The Balaban J connectivity index is 0. The van der Waals surface area contributed by atoms with Crippen LogP contribution in [0.3, 0.4) is 0 Å². The summed E-state index contributed by atoms with van der Waals surface area (Å²) in [6.07, 6.45) is 7.72.